The Morgan fingerprint density at radius 2 is 1.56 bits per heavy atom. The van der Waals surface area contributed by atoms with E-state index in [0.29, 0.717) is 57.7 Å². The number of aromatic nitrogens is 2. The fourth-order valence-electron chi connectivity index (χ4n) is 5.20. The SMILES string of the molecule is CCOC(=O)C1CCN(C(=O)CCC(=O)N2CCc3c(c(C(=O)N4CCCC4)nn3C)C2)CC1. The van der Waals surface area contributed by atoms with Crippen LogP contribution in [0.2, 0.25) is 0 Å². The third-order valence-corrected chi connectivity index (χ3v) is 7.21. The third kappa shape index (κ3) is 5.10. The molecule has 0 spiro atoms. The van der Waals surface area contributed by atoms with E-state index in [9.17, 15) is 19.2 Å². The van der Waals surface area contributed by atoms with Crippen LogP contribution in [0.5, 0.6) is 0 Å². The summed E-state index contributed by atoms with van der Waals surface area (Å²) in [6.45, 7) is 5.61. The highest BCUT2D eigenvalue weighted by atomic mass is 16.5. The van der Waals surface area contributed by atoms with E-state index in [-0.39, 0.29) is 42.5 Å². The van der Waals surface area contributed by atoms with E-state index in [2.05, 4.69) is 5.10 Å². The van der Waals surface area contributed by atoms with Crippen molar-refractivity contribution in [2.24, 2.45) is 13.0 Å². The zero-order valence-electron chi connectivity index (χ0n) is 20.3. The summed E-state index contributed by atoms with van der Waals surface area (Å²) in [5.74, 6) is -0.522. The second-order valence-electron chi connectivity index (χ2n) is 9.37. The summed E-state index contributed by atoms with van der Waals surface area (Å²) in [6.07, 6.45) is 4.16. The van der Waals surface area contributed by atoms with Gasteiger partial charge >= 0.3 is 5.97 Å². The lowest BCUT2D eigenvalue weighted by Gasteiger charge is -2.31. The van der Waals surface area contributed by atoms with Crippen LogP contribution in [-0.2, 0) is 39.1 Å². The van der Waals surface area contributed by atoms with Crippen molar-refractivity contribution in [3.05, 3.63) is 17.0 Å². The maximum atomic E-state index is 13.0. The zero-order valence-corrected chi connectivity index (χ0v) is 20.3. The zero-order chi connectivity index (χ0) is 24.2. The predicted octanol–water partition coefficient (Wildman–Crippen LogP) is 1.12. The lowest BCUT2D eigenvalue weighted by Crippen LogP contribution is -2.41. The molecule has 3 aliphatic heterocycles. The van der Waals surface area contributed by atoms with E-state index >= 15 is 0 Å². The molecule has 0 aromatic carbocycles. The molecule has 0 bridgehead atoms. The average molecular weight is 474 g/mol. The normalized spacial score (nSPS) is 18.7. The van der Waals surface area contributed by atoms with Crippen molar-refractivity contribution in [2.45, 2.75) is 58.4 Å². The van der Waals surface area contributed by atoms with Gasteiger partial charge in [-0.2, -0.15) is 5.10 Å². The van der Waals surface area contributed by atoms with Crippen molar-refractivity contribution in [2.75, 3.05) is 39.3 Å². The summed E-state index contributed by atoms with van der Waals surface area (Å²) in [5, 5.41) is 4.49. The number of rotatable bonds is 6. The van der Waals surface area contributed by atoms with Gasteiger partial charge in [0.15, 0.2) is 5.69 Å². The van der Waals surface area contributed by atoms with Gasteiger partial charge in [0.2, 0.25) is 11.8 Å². The minimum absolute atomic E-state index is 0.0509. The summed E-state index contributed by atoms with van der Waals surface area (Å²) in [6, 6.07) is 0. The third-order valence-electron chi connectivity index (χ3n) is 7.21. The number of hydrogen-bond acceptors (Lipinski definition) is 6. The maximum Gasteiger partial charge on any atom is 0.309 e. The van der Waals surface area contributed by atoms with Gasteiger partial charge < -0.3 is 19.4 Å². The molecule has 0 N–H and O–H groups in total. The van der Waals surface area contributed by atoms with E-state index < -0.39 is 0 Å². The Balaban J connectivity index is 1.29. The lowest BCUT2D eigenvalue weighted by atomic mass is 9.96. The summed E-state index contributed by atoms with van der Waals surface area (Å²) in [5.41, 5.74) is 2.30. The molecule has 1 aromatic heterocycles. The molecule has 0 aliphatic carbocycles. The molecule has 0 saturated carbocycles. The van der Waals surface area contributed by atoms with Crippen molar-refractivity contribution < 1.29 is 23.9 Å². The Labute approximate surface area is 200 Å². The molecule has 10 heteroatoms. The first-order valence-electron chi connectivity index (χ1n) is 12.4. The molecule has 0 radical (unpaired) electrons. The Hall–Kier alpha value is -2.91. The fraction of sp³-hybridized carbons (Fsp3) is 0.708. The van der Waals surface area contributed by atoms with Crippen molar-refractivity contribution in [3.8, 4) is 0 Å². The monoisotopic (exact) mass is 473 g/mol. The smallest absolute Gasteiger partial charge is 0.309 e. The van der Waals surface area contributed by atoms with E-state index in [4.69, 9.17) is 4.74 Å². The van der Waals surface area contributed by atoms with E-state index in [1.54, 1.807) is 21.4 Å². The molecule has 2 saturated heterocycles. The number of carbonyl (C=O) groups excluding carboxylic acids is 4. The molecule has 34 heavy (non-hydrogen) atoms. The molecule has 10 nitrogen and oxygen atoms in total. The molecule has 3 amide bonds. The van der Waals surface area contributed by atoms with Gasteiger partial charge in [-0.15, -0.1) is 0 Å². The summed E-state index contributed by atoms with van der Waals surface area (Å²) in [4.78, 5) is 55.8. The Kier molecular flexibility index (Phi) is 7.53. The fourth-order valence-corrected chi connectivity index (χ4v) is 5.20. The highest BCUT2D eigenvalue weighted by Gasteiger charge is 2.33. The number of ether oxygens (including phenoxy) is 1. The summed E-state index contributed by atoms with van der Waals surface area (Å²) >= 11 is 0. The van der Waals surface area contributed by atoms with Crippen LogP contribution in [0.25, 0.3) is 0 Å². The largest absolute Gasteiger partial charge is 0.466 e. The van der Waals surface area contributed by atoms with Gasteiger partial charge in [-0.3, -0.25) is 23.9 Å². The van der Waals surface area contributed by atoms with E-state index in [1.807, 2.05) is 11.9 Å². The van der Waals surface area contributed by atoms with Crippen LogP contribution < -0.4 is 0 Å². The minimum atomic E-state index is -0.188. The number of carbonyl (C=O) groups is 4. The predicted molar refractivity (Wildman–Crippen MR) is 123 cm³/mol. The Morgan fingerprint density at radius 1 is 0.912 bits per heavy atom. The first-order chi connectivity index (χ1) is 16.4. The van der Waals surface area contributed by atoms with Gasteiger partial charge in [-0.05, 0) is 32.6 Å². The number of piperidine rings is 1. The van der Waals surface area contributed by atoms with Gasteiger partial charge in [-0.1, -0.05) is 0 Å². The molecule has 0 unspecified atom stereocenters. The number of likely N-dealkylation sites (tertiary alicyclic amines) is 2. The number of nitrogens with zero attached hydrogens (tertiary/aromatic N) is 5. The molecule has 1 aromatic rings. The van der Waals surface area contributed by atoms with Gasteiger partial charge in [0, 0.05) is 76.8 Å². The van der Waals surface area contributed by atoms with Crippen LogP contribution in [0.4, 0.5) is 0 Å². The summed E-state index contributed by atoms with van der Waals surface area (Å²) in [7, 11) is 1.85. The van der Waals surface area contributed by atoms with Gasteiger partial charge in [0.05, 0.1) is 12.5 Å². The van der Waals surface area contributed by atoms with Gasteiger partial charge in [-0.25, -0.2) is 0 Å². The Bertz CT molecular complexity index is 944. The van der Waals surface area contributed by atoms with Crippen molar-refractivity contribution >= 4 is 23.7 Å². The highest BCUT2D eigenvalue weighted by Crippen LogP contribution is 2.25. The Morgan fingerprint density at radius 3 is 2.21 bits per heavy atom. The van der Waals surface area contributed by atoms with Gasteiger partial charge in [0.25, 0.3) is 5.91 Å². The van der Waals surface area contributed by atoms with Crippen LogP contribution in [0.15, 0.2) is 0 Å². The average Bonchev–Trinajstić information content (AvgIpc) is 3.50. The number of fused-ring (bicyclic) bond motifs is 1. The summed E-state index contributed by atoms with van der Waals surface area (Å²) < 4.78 is 6.85. The van der Waals surface area contributed by atoms with E-state index in [1.165, 1.54) is 0 Å². The van der Waals surface area contributed by atoms with Crippen LogP contribution in [0.3, 0.4) is 0 Å². The first-order valence-corrected chi connectivity index (χ1v) is 12.4. The number of hydrogen-bond donors (Lipinski definition) is 0. The molecule has 186 valence electrons. The first kappa shape index (κ1) is 24.2. The van der Waals surface area contributed by atoms with Crippen LogP contribution in [0.1, 0.15) is 67.2 Å². The molecular formula is C24H35N5O5. The minimum Gasteiger partial charge on any atom is -0.466 e. The number of aryl methyl sites for hydroxylation is 1. The van der Waals surface area contributed by atoms with Gasteiger partial charge in [0.1, 0.15) is 0 Å². The number of amides is 3. The lowest BCUT2D eigenvalue weighted by molar-refractivity contribution is -0.151. The molecule has 4 rings (SSSR count). The van der Waals surface area contributed by atoms with Crippen LogP contribution in [0, 0.1) is 5.92 Å². The van der Waals surface area contributed by atoms with Crippen LogP contribution in [-0.4, -0.2) is 87.5 Å². The molecular weight excluding hydrogens is 438 g/mol. The van der Waals surface area contributed by atoms with Crippen molar-refractivity contribution in [1.82, 2.24) is 24.5 Å². The van der Waals surface area contributed by atoms with Crippen molar-refractivity contribution in [3.63, 3.8) is 0 Å². The molecule has 3 aliphatic rings. The molecule has 2 fully saturated rings. The van der Waals surface area contributed by atoms with Crippen LogP contribution >= 0.6 is 0 Å². The standard InChI is InChI=1S/C24H35N5O5/c1-3-34-24(33)17-8-13-27(14-9-17)20(30)6-7-21(31)29-15-10-19-18(16-29)22(25-26(19)2)23(32)28-11-4-5-12-28/h17H,3-16H2,1-2H3. The highest BCUT2D eigenvalue weighted by molar-refractivity contribution is 5.94. The maximum absolute atomic E-state index is 13.0. The number of esters is 1. The topological polar surface area (TPSA) is 105 Å². The second-order valence-corrected chi connectivity index (χ2v) is 9.37. The second kappa shape index (κ2) is 10.6. The van der Waals surface area contributed by atoms with E-state index in [0.717, 1.165) is 37.2 Å². The molecule has 4 heterocycles. The molecule has 0 atom stereocenters. The van der Waals surface area contributed by atoms with Crippen molar-refractivity contribution in [1.29, 1.82) is 0 Å². The quantitative estimate of drug-likeness (QED) is 0.574.